The summed E-state index contributed by atoms with van der Waals surface area (Å²) in [6.45, 7) is 3.87. The maximum absolute atomic E-state index is 13.0. The lowest BCUT2D eigenvalue weighted by Gasteiger charge is -2.14. The Bertz CT molecular complexity index is 1160. The van der Waals surface area contributed by atoms with Gasteiger partial charge in [-0.1, -0.05) is 48.5 Å². The number of hydrogen-bond donors (Lipinski definition) is 2. The molecule has 0 fully saturated rings. The molecule has 0 saturated heterocycles. The lowest BCUT2D eigenvalue weighted by Crippen LogP contribution is -2.16. The number of aryl methyl sites for hydroxylation is 2. The van der Waals surface area contributed by atoms with Crippen molar-refractivity contribution in [2.45, 2.75) is 13.8 Å². The second-order valence-electron chi connectivity index (χ2n) is 7.44. The molecule has 6 heteroatoms. The van der Waals surface area contributed by atoms with Crippen molar-refractivity contribution >= 4 is 23.5 Å². The largest absolute Gasteiger partial charge is 0.307 e. The highest BCUT2D eigenvalue weighted by Gasteiger charge is 2.18. The van der Waals surface area contributed by atoms with Gasteiger partial charge in [0.2, 0.25) is 0 Å². The molecule has 0 aliphatic rings. The Balaban J connectivity index is 1.66. The van der Waals surface area contributed by atoms with Crippen LogP contribution in [-0.2, 0) is 0 Å². The van der Waals surface area contributed by atoms with E-state index in [0.29, 0.717) is 33.9 Å². The van der Waals surface area contributed by atoms with Crippen LogP contribution in [0.1, 0.15) is 31.8 Å². The van der Waals surface area contributed by atoms with E-state index >= 15 is 0 Å². The molecule has 4 rings (SSSR count). The van der Waals surface area contributed by atoms with E-state index < -0.39 is 0 Å². The van der Waals surface area contributed by atoms with Gasteiger partial charge in [0.1, 0.15) is 11.6 Å². The van der Waals surface area contributed by atoms with Crippen LogP contribution in [0.3, 0.4) is 0 Å². The van der Waals surface area contributed by atoms with Gasteiger partial charge in [0.05, 0.1) is 0 Å². The molecular weight excluding hydrogens is 400 g/mol. The third-order valence-corrected chi connectivity index (χ3v) is 4.94. The maximum atomic E-state index is 13.0. The Morgan fingerprint density at radius 2 is 1.00 bits per heavy atom. The van der Waals surface area contributed by atoms with Gasteiger partial charge in [-0.25, -0.2) is 9.97 Å². The second-order valence-corrected chi connectivity index (χ2v) is 7.44. The van der Waals surface area contributed by atoms with Crippen molar-refractivity contribution < 1.29 is 9.59 Å². The van der Waals surface area contributed by atoms with Gasteiger partial charge in [0, 0.05) is 23.5 Å². The van der Waals surface area contributed by atoms with E-state index in [2.05, 4.69) is 20.6 Å². The predicted octanol–water partition coefficient (Wildman–Crippen LogP) is 5.27. The average Bonchev–Trinajstić information content (AvgIpc) is 2.82. The molecule has 0 saturated carbocycles. The smallest absolute Gasteiger partial charge is 0.257 e. The molecular formula is C26H22N4O2. The number of nitrogens with zero attached hydrogens (tertiary/aromatic N) is 2. The van der Waals surface area contributed by atoms with Crippen molar-refractivity contribution in [2.75, 3.05) is 10.6 Å². The van der Waals surface area contributed by atoms with E-state index in [-0.39, 0.29) is 11.8 Å². The number of benzene rings is 2. The normalized spacial score (nSPS) is 10.4. The van der Waals surface area contributed by atoms with Crippen molar-refractivity contribution in [1.29, 1.82) is 0 Å². The minimum absolute atomic E-state index is 0.299. The van der Waals surface area contributed by atoms with Gasteiger partial charge in [0.25, 0.3) is 11.8 Å². The van der Waals surface area contributed by atoms with E-state index in [1.807, 2.05) is 50.2 Å². The van der Waals surface area contributed by atoms with Gasteiger partial charge in [-0.2, -0.15) is 0 Å². The number of hydrogen-bond acceptors (Lipinski definition) is 4. The summed E-state index contributed by atoms with van der Waals surface area (Å²) in [5, 5.41) is 5.66. The summed E-state index contributed by atoms with van der Waals surface area (Å²) in [6, 6.07) is 21.7. The molecule has 158 valence electrons. The lowest BCUT2D eigenvalue weighted by molar-refractivity contribution is 0.101. The predicted molar refractivity (Wildman–Crippen MR) is 126 cm³/mol. The SMILES string of the molecule is Cc1ccc(NC(=O)c2ccccc2-c2ccccc2C(=O)Nc2ccc(C)cn2)nc1. The molecule has 0 aliphatic heterocycles. The molecule has 0 unspecified atom stereocenters. The standard InChI is InChI=1S/C26H22N4O2/c1-17-11-13-23(27-15-17)29-25(31)21-9-5-3-7-19(21)20-8-4-6-10-22(20)26(32)30-24-14-12-18(2)16-28-24/h3-16H,1-2H3,(H,27,29,31)(H,28,30,32). The van der Waals surface area contributed by atoms with Gasteiger partial charge in [-0.05, 0) is 60.4 Å². The molecule has 2 heterocycles. The van der Waals surface area contributed by atoms with E-state index in [1.165, 1.54) is 0 Å². The van der Waals surface area contributed by atoms with Crippen LogP contribution >= 0.6 is 0 Å². The van der Waals surface area contributed by atoms with Gasteiger partial charge in [-0.3, -0.25) is 9.59 Å². The van der Waals surface area contributed by atoms with Crippen molar-refractivity contribution in [3.8, 4) is 11.1 Å². The van der Waals surface area contributed by atoms with Crippen LogP contribution in [0.25, 0.3) is 11.1 Å². The lowest BCUT2D eigenvalue weighted by atomic mass is 9.94. The van der Waals surface area contributed by atoms with Gasteiger partial charge in [0.15, 0.2) is 0 Å². The number of aromatic nitrogens is 2. The minimum atomic E-state index is -0.299. The van der Waals surface area contributed by atoms with Crippen LogP contribution in [0.15, 0.2) is 85.2 Å². The van der Waals surface area contributed by atoms with Crippen molar-refractivity contribution in [3.05, 3.63) is 107 Å². The molecule has 0 bridgehead atoms. The first kappa shape index (κ1) is 20.9. The monoisotopic (exact) mass is 422 g/mol. The molecule has 32 heavy (non-hydrogen) atoms. The highest BCUT2D eigenvalue weighted by Crippen LogP contribution is 2.28. The molecule has 2 aromatic carbocycles. The fourth-order valence-electron chi connectivity index (χ4n) is 3.28. The summed E-state index contributed by atoms with van der Waals surface area (Å²) in [5.41, 5.74) is 4.21. The summed E-state index contributed by atoms with van der Waals surface area (Å²) < 4.78 is 0. The van der Waals surface area contributed by atoms with Crippen molar-refractivity contribution in [3.63, 3.8) is 0 Å². The van der Waals surface area contributed by atoms with Gasteiger partial charge < -0.3 is 10.6 Å². The van der Waals surface area contributed by atoms with Crippen LogP contribution in [0, 0.1) is 13.8 Å². The van der Waals surface area contributed by atoms with Crippen molar-refractivity contribution in [2.24, 2.45) is 0 Å². The Labute approximate surface area is 186 Å². The maximum Gasteiger partial charge on any atom is 0.257 e. The van der Waals surface area contributed by atoms with Gasteiger partial charge in [-0.15, -0.1) is 0 Å². The summed E-state index contributed by atoms with van der Waals surface area (Å²) in [7, 11) is 0. The van der Waals surface area contributed by atoms with Crippen LogP contribution < -0.4 is 10.6 Å². The van der Waals surface area contributed by atoms with Crippen LogP contribution in [0.5, 0.6) is 0 Å². The van der Waals surface area contributed by atoms with E-state index in [1.54, 1.807) is 48.8 Å². The molecule has 0 aliphatic carbocycles. The quantitative estimate of drug-likeness (QED) is 0.459. The number of pyridine rings is 2. The number of carbonyl (C=O) groups excluding carboxylic acids is 2. The van der Waals surface area contributed by atoms with E-state index in [9.17, 15) is 9.59 Å². The highest BCUT2D eigenvalue weighted by molar-refractivity contribution is 6.12. The third-order valence-electron chi connectivity index (χ3n) is 4.94. The van der Waals surface area contributed by atoms with E-state index in [0.717, 1.165) is 11.1 Å². The fraction of sp³-hybridized carbons (Fsp3) is 0.0769. The molecule has 6 nitrogen and oxygen atoms in total. The first-order valence-electron chi connectivity index (χ1n) is 10.2. The zero-order valence-electron chi connectivity index (χ0n) is 17.8. The van der Waals surface area contributed by atoms with Gasteiger partial charge >= 0.3 is 0 Å². The molecule has 4 aromatic rings. The van der Waals surface area contributed by atoms with Crippen molar-refractivity contribution in [1.82, 2.24) is 9.97 Å². The molecule has 0 radical (unpaired) electrons. The summed E-state index contributed by atoms with van der Waals surface area (Å²) >= 11 is 0. The Kier molecular flexibility index (Phi) is 6.03. The third kappa shape index (κ3) is 4.70. The minimum Gasteiger partial charge on any atom is -0.307 e. The zero-order valence-corrected chi connectivity index (χ0v) is 17.8. The number of rotatable bonds is 5. The molecule has 2 N–H and O–H groups in total. The Hall–Kier alpha value is -4.32. The number of nitrogens with one attached hydrogen (secondary N) is 2. The fourth-order valence-corrected chi connectivity index (χ4v) is 3.28. The topological polar surface area (TPSA) is 84.0 Å². The van der Waals surface area contributed by atoms with Crippen LogP contribution in [0.4, 0.5) is 11.6 Å². The zero-order chi connectivity index (χ0) is 22.5. The number of carbonyl (C=O) groups is 2. The molecule has 2 amide bonds. The average molecular weight is 422 g/mol. The van der Waals surface area contributed by atoms with E-state index in [4.69, 9.17) is 0 Å². The summed E-state index contributed by atoms with van der Waals surface area (Å²) in [4.78, 5) is 34.6. The van der Waals surface area contributed by atoms with Crippen LogP contribution in [0.2, 0.25) is 0 Å². The summed E-state index contributed by atoms with van der Waals surface area (Å²) in [5.74, 6) is 0.332. The second kappa shape index (κ2) is 9.22. The highest BCUT2D eigenvalue weighted by atomic mass is 16.2. The first-order chi connectivity index (χ1) is 15.5. The molecule has 2 aromatic heterocycles. The Morgan fingerprint density at radius 1 is 0.594 bits per heavy atom. The summed E-state index contributed by atoms with van der Waals surface area (Å²) in [6.07, 6.45) is 3.39. The van der Waals surface area contributed by atoms with Crippen LogP contribution in [-0.4, -0.2) is 21.8 Å². The first-order valence-corrected chi connectivity index (χ1v) is 10.2. The molecule has 0 spiro atoms. The molecule has 0 atom stereocenters. The Morgan fingerprint density at radius 3 is 1.38 bits per heavy atom. The number of amides is 2. The number of anilines is 2.